The van der Waals surface area contributed by atoms with E-state index in [1.54, 1.807) is 6.07 Å². The molecule has 0 spiro atoms. The van der Waals surface area contributed by atoms with E-state index in [0.717, 1.165) is 18.2 Å². The molecule has 0 aromatic heterocycles. The normalized spacial score (nSPS) is 17.8. The molecule has 1 aliphatic heterocycles. The molecule has 1 saturated heterocycles. The highest BCUT2D eigenvalue weighted by Gasteiger charge is 2.25. The van der Waals surface area contributed by atoms with Crippen molar-refractivity contribution in [2.45, 2.75) is 12.6 Å². The molecule has 0 amide bonds. The average Bonchev–Trinajstić information content (AvgIpc) is 2.57. The lowest BCUT2D eigenvalue weighted by molar-refractivity contribution is -0.385. The Morgan fingerprint density at radius 3 is 2.72 bits per heavy atom. The van der Waals surface area contributed by atoms with Gasteiger partial charge in [0.25, 0.3) is 5.69 Å². The molecule has 1 N–H and O–H groups in total. The van der Waals surface area contributed by atoms with Gasteiger partial charge in [-0.2, -0.15) is 0 Å². The zero-order valence-corrected chi connectivity index (χ0v) is 14.1. The summed E-state index contributed by atoms with van der Waals surface area (Å²) in [5, 5.41) is 14.0. The number of rotatable bonds is 4. The third-order valence-electron chi connectivity index (χ3n) is 4.21. The lowest BCUT2D eigenvalue weighted by Gasteiger charge is -2.36. The summed E-state index contributed by atoms with van der Waals surface area (Å²) in [6.45, 7) is 2.38. The number of non-ortho nitro benzene ring substituents is 1. The largest absolute Gasteiger partial charge is 0.314 e. The molecule has 134 valence electrons. The fourth-order valence-corrected chi connectivity index (χ4v) is 2.97. The van der Waals surface area contributed by atoms with Crippen LogP contribution in [-0.4, -0.2) is 29.5 Å². The van der Waals surface area contributed by atoms with Crippen LogP contribution in [0.3, 0.4) is 0 Å². The number of nitrogens with one attached hydrogen (secondary N) is 1. The topological polar surface area (TPSA) is 58.4 Å². The van der Waals surface area contributed by atoms with Crippen molar-refractivity contribution in [1.29, 1.82) is 0 Å². The number of halogens is 3. The van der Waals surface area contributed by atoms with E-state index < -0.39 is 10.7 Å². The summed E-state index contributed by atoms with van der Waals surface area (Å²) >= 11 is 0. The van der Waals surface area contributed by atoms with Crippen LogP contribution in [0.4, 0.5) is 14.5 Å². The minimum absolute atomic E-state index is 0. The summed E-state index contributed by atoms with van der Waals surface area (Å²) in [7, 11) is 0. The number of hydrogen-bond donors (Lipinski definition) is 1. The molecular formula is C17H18ClF2N3O2. The Morgan fingerprint density at radius 2 is 2.04 bits per heavy atom. The van der Waals surface area contributed by atoms with Gasteiger partial charge in [0.1, 0.15) is 11.6 Å². The van der Waals surface area contributed by atoms with Crippen molar-refractivity contribution in [3.8, 4) is 0 Å². The summed E-state index contributed by atoms with van der Waals surface area (Å²) < 4.78 is 27.6. The van der Waals surface area contributed by atoms with Crippen LogP contribution in [0.1, 0.15) is 17.2 Å². The van der Waals surface area contributed by atoms with Crippen LogP contribution in [0.25, 0.3) is 0 Å². The van der Waals surface area contributed by atoms with E-state index >= 15 is 0 Å². The second kappa shape index (κ2) is 8.33. The molecule has 25 heavy (non-hydrogen) atoms. The van der Waals surface area contributed by atoms with Crippen LogP contribution in [0.2, 0.25) is 0 Å². The van der Waals surface area contributed by atoms with Crippen LogP contribution >= 0.6 is 12.4 Å². The van der Waals surface area contributed by atoms with Gasteiger partial charge in [-0.1, -0.05) is 12.1 Å². The fourth-order valence-electron chi connectivity index (χ4n) is 2.97. The molecule has 8 heteroatoms. The summed E-state index contributed by atoms with van der Waals surface area (Å²) in [5.74, 6) is -0.903. The summed E-state index contributed by atoms with van der Waals surface area (Å²) in [6.07, 6.45) is 0. The molecule has 1 aliphatic rings. The van der Waals surface area contributed by atoms with Crippen LogP contribution in [0, 0.1) is 21.7 Å². The van der Waals surface area contributed by atoms with Crippen LogP contribution < -0.4 is 5.32 Å². The highest BCUT2D eigenvalue weighted by atomic mass is 35.5. The number of nitro benzene ring substituents is 1. The summed E-state index contributed by atoms with van der Waals surface area (Å²) in [6, 6.07) is 9.98. The molecule has 0 saturated carbocycles. The van der Waals surface area contributed by atoms with Gasteiger partial charge in [0, 0.05) is 43.9 Å². The molecule has 0 aliphatic carbocycles. The zero-order chi connectivity index (χ0) is 17.1. The van der Waals surface area contributed by atoms with Crippen molar-refractivity contribution in [1.82, 2.24) is 10.2 Å². The Balaban J connectivity index is 0.00000225. The SMILES string of the molecule is Cl.O=[N+]([O-])c1ccc(CN2CCNCC2c2cccc(F)c2)c(F)c1. The minimum Gasteiger partial charge on any atom is -0.314 e. The Hall–Kier alpha value is -2.09. The van der Waals surface area contributed by atoms with Crippen LogP contribution in [0.5, 0.6) is 0 Å². The molecule has 1 atom stereocenters. The third-order valence-corrected chi connectivity index (χ3v) is 4.21. The Morgan fingerprint density at radius 1 is 1.24 bits per heavy atom. The highest BCUT2D eigenvalue weighted by Crippen LogP contribution is 2.26. The van der Waals surface area contributed by atoms with Crippen molar-refractivity contribution in [3.63, 3.8) is 0 Å². The maximum atomic E-state index is 14.2. The second-order valence-corrected chi connectivity index (χ2v) is 5.78. The first-order valence-corrected chi connectivity index (χ1v) is 7.67. The van der Waals surface area contributed by atoms with E-state index in [2.05, 4.69) is 10.2 Å². The quantitative estimate of drug-likeness (QED) is 0.662. The first-order chi connectivity index (χ1) is 11.5. The van der Waals surface area contributed by atoms with E-state index in [-0.39, 0.29) is 30.0 Å². The molecule has 2 aromatic carbocycles. The highest BCUT2D eigenvalue weighted by molar-refractivity contribution is 5.85. The average molecular weight is 370 g/mol. The zero-order valence-electron chi connectivity index (χ0n) is 13.3. The van der Waals surface area contributed by atoms with Gasteiger partial charge in [-0.15, -0.1) is 12.4 Å². The number of benzene rings is 2. The van der Waals surface area contributed by atoms with Gasteiger partial charge < -0.3 is 5.32 Å². The van der Waals surface area contributed by atoms with Gasteiger partial charge in [-0.3, -0.25) is 15.0 Å². The second-order valence-electron chi connectivity index (χ2n) is 5.78. The van der Waals surface area contributed by atoms with Gasteiger partial charge in [0.05, 0.1) is 11.0 Å². The lowest BCUT2D eigenvalue weighted by Crippen LogP contribution is -2.45. The number of nitrogens with zero attached hydrogens (tertiary/aromatic N) is 2. The van der Waals surface area contributed by atoms with E-state index in [9.17, 15) is 18.9 Å². The smallest absolute Gasteiger partial charge is 0.272 e. The first-order valence-electron chi connectivity index (χ1n) is 7.67. The molecule has 1 heterocycles. The summed E-state index contributed by atoms with van der Waals surface area (Å²) in [4.78, 5) is 12.1. The van der Waals surface area contributed by atoms with Crippen LogP contribution in [0.15, 0.2) is 42.5 Å². The molecule has 0 bridgehead atoms. The molecule has 0 radical (unpaired) electrons. The van der Waals surface area contributed by atoms with Gasteiger partial charge in [0.15, 0.2) is 0 Å². The minimum atomic E-state index is -0.618. The van der Waals surface area contributed by atoms with Crippen molar-refractivity contribution >= 4 is 18.1 Å². The Labute approximate surface area is 150 Å². The number of nitro groups is 1. The molecule has 1 fully saturated rings. The van der Waals surface area contributed by atoms with Gasteiger partial charge in [0.2, 0.25) is 0 Å². The predicted octanol–water partition coefficient (Wildman–Crippen LogP) is 3.44. The number of hydrogen-bond acceptors (Lipinski definition) is 4. The molecule has 3 rings (SSSR count). The van der Waals surface area contributed by atoms with Gasteiger partial charge in [-0.05, 0) is 23.8 Å². The Kier molecular flexibility index (Phi) is 6.41. The first kappa shape index (κ1) is 19.2. The van der Waals surface area contributed by atoms with Crippen molar-refractivity contribution in [2.75, 3.05) is 19.6 Å². The fraction of sp³-hybridized carbons (Fsp3) is 0.294. The van der Waals surface area contributed by atoms with Crippen molar-refractivity contribution in [3.05, 3.63) is 75.3 Å². The monoisotopic (exact) mass is 369 g/mol. The predicted molar refractivity (Wildman–Crippen MR) is 92.7 cm³/mol. The Bertz CT molecular complexity index is 760. The molecule has 1 unspecified atom stereocenters. The maximum absolute atomic E-state index is 14.2. The lowest BCUT2D eigenvalue weighted by atomic mass is 10.0. The van der Waals surface area contributed by atoms with Gasteiger partial charge in [-0.25, -0.2) is 8.78 Å². The van der Waals surface area contributed by atoms with E-state index in [4.69, 9.17) is 0 Å². The van der Waals surface area contributed by atoms with Crippen molar-refractivity contribution in [2.24, 2.45) is 0 Å². The van der Waals surface area contributed by atoms with E-state index in [1.165, 1.54) is 24.3 Å². The van der Waals surface area contributed by atoms with Gasteiger partial charge >= 0.3 is 0 Å². The maximum Gasteiger partial charge on any atom is 0.272 e. The van der Waals surface area contributed by atoms with E-state index in [0.29, 0.717) is 25.2 Å². The summed E-state index contributed by atoms with van der Waals surface area (Å²) in [5.41, 5.74) is 0.951. The molecule has 2 aromatic rings. The standard InChI is InChI=1S/C17H17F2N3O2.ClH/c18-14-3-1-2-12(8-14)17-10-20-6-7-21(17)11-13-4-5-15(22(23)24)9-16(13)19;/h1-5,8-9,17,20H,6-7,10-11H2;1H. The number of piperazine rings is 1. The molecular weight excluding hydrogens is 352 g/mol. The van der Waals surface area contributed by atoms with Crippen molar-refractivity contribution < 1.29 is 13.7 Å². The third kappa shape index (κ3) is 4.50. The van der Waals surface area contributed by atoms with Crippen LogP contribution in [-0.2, 0) is 6.54 Å². The van der Waals surface area contributed by atoms with E-state index in [1.807, 2.05) is 6.07 Å². The molecule has 5 nitrogen and oxygen atoms in total.